The first-order chi connectivity index (χ1) is 5.68. The Balaban J connectivity index is 3.03. The standard InChI is InChI=1S/C6H6N4O/c1-10-3-9-5-4(10)6(11)8-2-7-5/h2-3H,1H3,(H,7,8,11)/i2D. The molecule has 5 nitrogen and oxygen atoms in total. The van der Waals surface area contributed by atoms with Crippen molar-refractivity contribution in [3.8, 4) is 0 Å². The SMILES string of the molecule is [2H]c1nc2ncn(C)c2c(=O)[nH]1. The largest absolute Gasteiger partial charge is 0.328 e. The molecule has 0 saturated heterocycles. The number of imidazole rings is 1. The van der Waals surface area contributed by atoms with Gasteiger partial charge in [-0.05, 0) is 0 Å². The van der Waals surface area contributed by atoms with Gasteiger partial charge in [-0.3, -0.25) is 4.79 Å². The molecule has 2 aromatic rings. The molecule has 5 heteroatoms. The lowest BCUT2D eigenvalue weighted by Gasteiger charge is -1.88. The number of nitrogens with one attached hydrogen (secondary N) is 1. The van der Waals surface area contributed by atoms with Crippen molar-refractivity contribution in [2.24, 2.45) is 7.05 Å². The van der Waals surface area contributed by atoms with E-state index >= 15 is 0 Å². The fourth-order valence-electron chi connectivity index (χ4n) is 0.952. The topological polar surface area (TPSA) is 63.6 Å². The quantitative estimate of drug-likeness (QED) is 0.560. The lowest BCUT2D eigenvalue weighted by atomic mass is 10.5. The van der Waals surface area contributed by atoms with E-state index in [4.69, 9.17) is 1.37 Å². The molecule has 0 fully saturated rings. The van der Waals surface area contributed by atoms with Crippen molar-refractivity contribution in [3.63, 3.8) is 0 Å². The fraction of sp³-hybridized carbons (Fsp3) is 0.167. The zero-order chi connectivity index (χ0) is 8.72. The number of aryl methyl sites for hydroxylation is 1. The third-order valence-corrected chi connectivity index (χ3v) is 1.46. The highest BCUT2D eigenvalue weighted by Gasteiger charge is 2.02. The van der Waals surface area contributed by atoms with Gasteiger partial charge in [0.2, 0.25) is 0 Å². The maximum atomic E-state index is 11.2. The van der Waals surface area contributed by atoms with Crippen molar-refractivity contribution >= 4 is 11.2 Å². The maximum absolute atomic E-state index is 11.2. The van der Waals surface area contributed by atoms with Gasteiger partial charge in [-0.1, -0.05) is 0 Å². The van der Waals surface area contributed by atoms with Crippen LogP contribution in [0, 0.1) is 0 Å². The van der Waals surface area contributed by atoms with Crippen LogP contribution < -0.4 is 5.56 Å². The van der Waals surface area contributed by atoms with Crippen LogP contribution in [0.25, 0.3) is 11.2 Å². The smallest absolute Gasteiger partial charge is 0.276 e. The molecule has 56 valence electrons. The summed E-state index contributed by atoms with van der Waals surface area (Å²) in [6, 6.07) is 0. The van der Waals surface area contributed by atoms with Crippen molar-refractivity contribution in [1.82, 2.24) is 19.5 Å². The van der Waals surface area contributed by atoms with Crippen LogP contribution in [0.4, 0.5) is 0 Å². The van der Waals surface area contributed by atoms with Gasteiger partial charge < -0.3 is 9.55 Å². The van der Waals surface area contributed by atoms with E-state index in [2.05, 4.69) is 15.0 Å². The summed E-state index contributed by atoms with van der Waals surface area (Å²) in [6.07, 6.45) is 1.33. The molecule has 1 N–H and O–H groups in total. The zero-order valence-electron chi connectivity index (χ0n) is 6.83. The van der Waals surface area contributed by atoms with Crippen molar-refractivity contribution in [2.45, 2.75) is 0 Å². The Morgan fingerprint density at radius 3 is 3.36 bits per heavy atom. The van der Waals surface area contributed by atoms with E-state index in [1.165, 1.54) is 6.33 Å². The molecule has 0 aliphatic rings. The first-order valence-electron chi connectivity index (χ1n) is 3.56. The highest BCUT2D eigenvalue weighted by molar-refractivity contribution is 5.68. The summed E-state index contributed by atoms with van der Waals surface area (Å²) < 4.78 is 8.68. The number of hydrogen-bond acceptors (Lipinski definition) is 3. The maximum Gasteiger partial charge on any atom is 0.276 e. The molecule has 0 unspecified atom stereocenters. The Morgan fingerprint density at radius 1 is 1.73 bits per heavy atom. The molecule has 0 atom stereocenters. The van der Waals surface area contributed by atoms with Crippen LogP contribution in [0.5, 0.6) is 0 Å². The summed E-state index contributed by atoms with van der Waals surface area (Å²) in [5, 5.41) is 0. The Morgan fingerprint density at radius 2 is 2.55 bits per heavy atom. The molecule has 0 saturated carbocycles. The van der Waals surface area contributed by atoms with Crippen molar-refractivity contribution in [2.75, 3.05) is 0 Å². The van der Waals surface area contributed by atoms with Crippen molar-refractivity contribution in [3.05, 3.63) is 23.0 Å². The van der Waals surface area contributed by atoms with Crippen LogP contribution in [-0.2, 0) is 7.05 Å². The van der Waals surface area contributed by atoms with Crippen molar-refractivity contribution < 1.29 is 1.37 Å². The average molecular weight is 151 g/mol. The van der Waals surface area contributed by atoms with Crippen LogP contribution >= 0.6 is 0 Å². The Bertz CT molecular complexity index is 486. The number of nitrogens with zero attached hydrogens (tertiary/aromatic N) is 3. The van der Waals surface area contributed by atoms with Gasteiger partial charge in [-0.25, -0.2) is 9.97 Å². The molecule has 0 aliphatic heterocycles. The molecule has 2 rings (SSSR count). The molecule has 2 heterocycles. The van der Waals surface area contributed by atoms with E-state index in [-0.39, 0.29) is 11.9 Å². The van der Waals surface area contributed by atoms with Crippen LogP contribution in [0.2, 0.25) is 0 Å². The molecule has 0 aliphatic carbocycles. The first-order valence-corrected chi connectivity index (χ1v) is 3.06. The zero-order valence-corrected chi connectivity index (χ0v) is 5.83. The van der Waals surface area contributed by atoms with Crippen LogP contribution in [0.15, 0.2) is 17.4 Å². The molecular formula is C6H6N4O. The Kier molecular flexibility index (Phi) is 0.881. The van der Waals surface area contributed by atoms with Crippen LogP contribution in [0.1, 0.15) is 1.37 Å². The molecule has 0 spiro atoms. The number of fused-ring (bicyclic) bond motifs is 1. The van der Waals surface area contributed by atoms with E-state index in [1.54, 1.807) is 11.6 Å². The fourth-order valence-corrected chi connectivity index (χ4v) is 0.952. The minimum absolute atomic E-state index is 0.161. The second kappa shape index (κ2) is 1.91. The number of aromatic nitrogens is 4. The Labute approximate surface area is 63.1 Å². The minimum atomic E-state index is -0.329. The second-order valence-corrected chi connectivity index (χ2v) is 2.21. The molecule has 11 heavy (non-hydrogen) atoms. The summed E-state index contributed by atoms with van der Waals surface area (Å²) in [6.45, 7) is 0. The van der Waals surface area contributed by atoms with Gasteiger partial charge in [0.25, 0.3) is 5.56 Å². The van der Waals surface area contributed by atoms with Gasteiger partial charge in [0.1, 0.15) is 1.37 Å². The van der Waals surface area contributed by atoms with Gasteiger partial charge in [-0.15, -0.1) is 0 Å². The third-order valence-electron chi connectivity index (χ3n) is 1.46. The van der Waals surface area contributed by atoms with Crippen molar-refractivity contribution in [1.29, 1.82) is 0 Å². The van der Waals surface area contributed by atoms with Gasteiger partial charge in [0.15, 0.2) is 11.2 Å². The second-order valence-electron chi connectivity index (χ2n) is 2.21. The van der Waals surface area contributed by atoms with E-state index in [0.29, 0.717) is 11.2 Å². The highest BCUT2D eigenvalue weighted by atomic mass is 16.1. The predicted molar refractivity (Wildman–Crippen MR) is 39.1 cm³/mol. The number of aromatic amines is 1. The van der Waals surface area contributed by atoms with E-state index in [1.807, 2.05) is 0 Å². The molecule has 0 aromatic carbocycles. The highest BCUT2D eigenvalue weighted by Crippen LogP contribution is 1.99. The molecule has 2 aromatic heterocycles. The predicted octanol–water partition coefficient (Wildman–Crippen LogP) is -0.343. The number of hydrogen-bond donors (Lipinski definition) is 1. The van der Waals surface area contributed by atoms with E-state index < -0.39 is 0 Å². The summed E-state index contributed by atoms with van der Waals surface area (Å²) in [5.74, 6) is 0. The van der Waals surface area contributed by atoms with Gasteiger partial charge in [0.05, 0.1) is 12.6 Å². The molecule has 0 amide bonds. The van der Waals surface area contributed by atoms with Gasteiger partial charge >= 0.3 is 0 Å². The van der Waals surface area contributed by atoms with Crippen LogP contribution in [-0.4, -0.2) is 19.5 Å². The first kappa shape index (κ1) is 5.06. The molecule has 0 bridgehead atoms. The lowest BCUT2D eigenvalue weighted by Crippen LogP contribution is -2.08. The summed E-state index contributed by atoms with van der Waals surface area (Å²) >= 11 is 0. The molecular weight excluding hydrogens is 144 g/mol. The monoisotopic (exact) mass is 151 g/mol. The minimum Gasteiger partial charge on any atom is -0.328 e. The normalized spacial score (nSPS) is 11.9. The van der Waals surface area contributed by atoms with E-state index in [0.717, 1.165) is 0 Å². The van der Waals surface area contributed by atoms with Gasteiger partial charge in [-0.2, -0.15) is 0 Å². The lowest BCUT2D eigenvalue weighted by molar-refractivity contribution is 0.938. The van der Waals surface area contributed by atoms with Crippen LogP contribution in [0.3, 0.4) is 0 Å². The summed E-state index contributed by atoms with van der Waals surface area (Å²) in [4.78, 5) is 21.1. The summed E-state index contributed by atoms with van der Waals surface area (Å²) in [5.41, 5.74) is 0.377. The van der Waals surface area contributed by atoms with Gasteiger partial charge in [0, 0.05) is 7.05 Å². The third kappa shape index (κ3) is 0.739. The number of rotatable bonds is 0. The molecule has 0 radical (unpaired) electrons. The Hall–Kier alpha value is -1.65. The van der Waals surface area contributed by atoms with E-state index in [9.17, 15) is 4.79 Å². The average Bonchev–Trinajstić information content (AvgIpc) is 2.31. The summed E-state index contributed by atoms with van der Waals surface area (Å²) in [7, 11) is 1.70. The number of H-pyrrole nitrogens is 1.